The maximum absolute atomic E-state index is 5.52. The first kappa shape index (κ1) is 32.5. The van der Waals surface area contributed by atoms with Crippen molar-refractivity contribution in [2.75, 3.05) is 0 Å². The smallest absolute Gasteiger partial charge is 0.235 e. The van der Waals surface area contributed by atoms with E-state index < -0.39 is 0 Å². The summed E-state index contributed by atoms with van der Waals surface area (Å²) in [4.78, 5) is 11.0. The van der Waals surface area contributed by atoms with Gasteiger partial charge < -0.3 is 0 Å². The van der Waals surface area contributed by atoms with Crippen molar-refractivity contribution in [1.82, 2.24) is 14.5 Å². The Morgan fingerprint density at radius 1 is 0.574 bits per heavy atom. The highest BCUT2D eigenvalue weighted by Gasteiger charge is 2.37. The molecule has 0 saturated carbocycles. The molecule has 7 aromatic carbocycles. The molecule has 0 atom stereocenters. The zero-order valence-corrected chi connectivity index (χ0v) is 31.7. The van der Waals surface area contributed by atoms with Crippen LogP contribution in [0, 0.1) is 0 Å². The van der Waals surface area contributed by atoms with Gasteiger partial charge in [-0.3, -0.25) is 4.57 Å². The van der Waals surface area contributed by atoms with Crippen LogP contribution in [0.4, 0.5) is 0 Å². The molecule has 0 aliphatic heterocycles. The predicted octanol–water partition coefficient (Wildman–Crippen LogP) is 14.2. The minimum atomic E-state index is -0.0982. The van der Waals surface area contributed by atoms with Crippen molar-refractivity contribution in [3.63, 3.8) is 0 Å². The second-order valence-electron chi connectivity index (χ2n) is 14.9. The summed E-state index contributed by atoms with van der Waals surface area (Å²) < 4.78 is 4.67. The van der Waals surface area contributed by atoms with E-state index in [1.165, 1.54) is 66.0 Å². The second kappa shape index (κ2) is 12.5. The van der Waals surface area contributed by atoms with Crippen LogP contribution < -0.4 is 0 Å². The first-order valence-electron chi connectivity index (χ1n) is 18.9. The van der Waals surface area contributed by atoms with Gasteiger partial charge in [0.15, 0.2) is 0 Å². The van der Waals surface area contributed by atoms with Gasteiger partial charge in [-0.15, -0.1) is 11.3 Å². The maximum atomic E-state index is 5.52. The number of para-hydroxylation sites is 1. The highest BCUT2D eigenvalue weighted by Crippen LogP contribution is 2.53. The molecule has 260 valence electrons. The molecule has 3 heterocycles. The Morgan fingerprint density at radius 2 is 1.20 bits per heavy atom. The third-order valence-electron chi connectivity index (χ3n) is 11.0. The van der Waals surface area contributed by atoms with Crippen LogP contribution in [0.5, 0.6) is 0 Å². The Kier molecular flexibility index (Phi) is 7.53. The van der Waals surface area contributed by atoms with E-state index in [1.807, 2.05) is 0 Å². The number of rotatable bonds is 3. The van der Waals surface area contributed by atoms with E-state index in [0.717, 1.165) is 37.9 Å². The summed E-state index contributed by atoms with van der Waals surface area (Å²) in [6.07, 6.45) is 1.25. The monoisotopic (exact) mass is 713 g/mol. The summed E-state index contributed by atoms with van der Waals surface area (Å²) in [6, 6.07) is 55.0. The van der Waals surface area contributed by atoms with Crippen LogP contribution in [0.15, 0.2) is 152 Å². The fourth-order valence-corrected chi connectivity index (χ4v) is 9.78. The summed E-state index contributed by atoms with van der Waals surface area (Å²) >= 11 is 1.77. The molecule has 3 aromatic heterocycles. The molecule has 0 unspecified atom stereocenters. The van der Waals surface area contributed by atoms with Gasteiger partial charge in [-0.1, -0.05) is 168 Å². The maximum Gasteiger partial charge on any atom is 0.235 e. The van der Waals surface area contributed by atoms with E-state index in [0.29, 0.717) is 5.95 Å². The minimum absolute atomic E-state index is 0.0982. The lowest BCUT2D eigenvalue weighted by atomic mass is 9.82. The topological polar surface area (TPSA) is 30.7 Å². The van der Waals surface area contributed by atoms with Crippen LogP contribution in [0.3, 0.4) is 0 Å². The molecule has 54 heavy (non-hydrogen) atoms. The first-order chi connectivity index (χ1) is 26.5. The zero-order valence-electron chi connectivity index (χ0n) is 30.9. The molecule has 10 aromatic rings. The summed E-state index contributed by atoms with van der Waals surface area (Å²) in [6.45, 7) is 8.95. The van der Waals surface area contributed by atoms with Gasteiger partial charge in [-0.05, 0) is 56.8 Å². The van der Waals surface area contributed by atoms with Gasteiger partial charge in [0.05, 0.1) is 26.9 Å². The van der Waals surface area contributed by atoms with Crippen LogP contribution in [0.2, 0.25) is 0 Å². The second-order valence-corrected chi connectivity index (χ2v) is 15.9. The minimum Gasteiger partial charge on any atom is -0.277 e. The molecule has 0 saturated heterocycles. The molecule has 11 rings (SSSR count). The molecule has 3 nitrogen and oxygen atoms in total. The van der Waals surface area contributed by atoms with E-state index in [4.69, 9.17) is 9.97 Å². The number of hydrogen-bond donors (Lipinski definition) is 0. The van der Waals surface area contributed by atoms with Crippen molar-refractivity contribution in [1.29, 1.82) is 0 Å². The van der Waals surface area contributed by atoms with Crippen LogP contribution in [-0.4, -0.2) is 14.5 Å². The molecule has 4 heteroatoms. The van der Waals surface area contributed by atoms with Crippen molar-refractivity contribution >= 4 is 64.2 Å². The van der Waals surface area contributed by atoms with Gasteiger partial charge in [-0.25, -0.2) is 9.97 Å². The Bertz CT molecular complexity index is 3070. The number of thiophene rings is 1. The average molecular weight is 714 g/mol. The number of fused-ring (bicyclic) bond motifs is 10. The fraction of sp³-hybridized carbons (Fsp3) is 0.120. The molecule has 0 radical (unpaired) electrons. The Labute approximate surface area is 319 Å². The van der Waals surface area contributed by atoms with Gasteiger partial charge in [0.1, 0.15) is 0 Å². The highest BCUT2D eigenvalue weighted by molar-refractivity contribution is 7.26. The number of nitrogens with zero attached hydrogens (tertiary/aromatic N) is 3. The standard InChI is InChI=1S/C47H31N3S.C3H8/c1-47(2)37-23-10-8-18-34(37)41-31(20-13-24-38(41)47)32-21-12-22-33-36-26-29-16-6-7-17-30(29)27-39(36)50(44(32)33)46-48-42(28-14-4-3-5-15-28)45-43(49-46)35-19-9-11-25-40(35)51-45;1-3-2/h3-27H,1-2H3;3H2,1-2H3. The lowest BCUT2D eigenvalue weighted by Crippen LogP contribution is -2.14. The van der Waals surface area contributed by atoms with Crippen molar-refractivity contribution in [2.24, 2.45) is 0 Å². The molecule has 0 spiro atoms. The summed E-state index contributed by atoms with van der Waals surface area (Å²) in [5.41, 5.74) is 12.9. The van der Waals surface area contributed by atoms with Gasteiger partial charge >= 0.3 is 0 Å². The molecule has 1 aliphatic rings. The zero-order chi connectivity index (χ0) is 36.6. The summed E-state index contributed by atoms with van der Waals surface area (Å²) in [5, 5.41) is 5.95. The summed E-state index contributed by atoms with van der Waals surface area (Å²) in [5.74, 6) is 0.681. The van der Waals surface area contributed by atoms with Crippen LogP contribution in [0.25, 0.3) is 92.3 Å². The molecule has 0 fully saturated rings. The van der Waals surface area contributed by atoms with Gasteiger partial charge in [0.2, 0.25) is 5.95 Å². The lowest BCUT2D eigenvalue weighted by molar-refractivity contribution is 0.660. The molecule has 1 aliphatic carbocycles. The molecular weight excluding hydrogens is 675 g/mol. The first-order valence-corrected chi connectivity index (χ1v) is 19.7. The van der Waals surface area contributed by atoms with E-state index in [2.05, 4.69) is 184 Å². The molecule has 0 bridgehead atoms. The van der Waals surface area contributed by atoms with Crippen LogP contribution in [-0.2, 0) is 5.41 Å². The number of aromatic nitrogens is 3. The fourth-order valence-electron chi connectivity index (χ4n) is 8.63. The van der Waals surface area contributed by atoms with E-state index in [-0.39, 0.29) is 5.41 Å². The lowest BCUT2D eigenvalue weighted by Gasteiger charge is -2.21. The SMILES string of the molecule is CC1(C)c2ccccc2-c2c(-c3cccc4c5cc6ccccc6cc5n(-c5nc(-c6ccccc6)c6sc7ccccc7c6n5)c34)cccc21.CCC. The predicted molar refractivity (Wildman–Crippen MR) is 231 cm³/mol. The Morgan fingerprint density at radius 3 is 2.04 bits per heavy atom. The normalized spacial score (nSPS) is 13.0. The largest absolute Gasteiger partial charge is 0.277 e. The van der Waals surface area contributed by atoms with E-state index in [1.54, 1.807) is 11.3 Å². The van der Waals surface area contributed by atoms with Gasteiger partial charge in [0.25, 0.3) is 0 Å². The third kappa shape index (κ3) is 4.80. The summed E-state index contributed by atoms with van der Waals surface area (Å²) in [7, 11) is 0. The molecule has 0 amide bonds. The van der Waals surface area contributed by atoms with Crippen molar-refractivity contribution in [3.8, 4) is 39.5 Å². The average Bonchev–Trinajstić information content (AvgIpc) is 3.83. The molecule has 0 N–H and O–H groups in total. The third-order valence-corrected chi connectivity index (χ3v) is 12.2. The van der Waals surface area contributed by atoms with Crippen molar-refractivity contribution in [2.45, 2.75) is 39.5 Å². The van der Waals surface area contributed by atoms with Crippen LogP contribution in [0.1, 0.15) is 45.2 Å². The van der Waals surface area contributed by atoms with Crippen molar-refractivity contribution < 1.29 is 0 Å². The van der Waals surface area contributed by atoms with Crippen molar-refractivity contribution in [3.05, 3.63) is 163 Å². The van der Waals surface area contributed by atoms with E-state index >= 15 is 0 Å². The van der Waals surface area contributed by atoms with Gasteiger partial charge in [-0.2, -0.15) is 0 Å². The van der Waals surface area contributed by atoms with Crippen LogP contribution >= 0.6 is 11.3 Å². The Balaban J connectivity index is 0.00000117. The Hall–Kier alpha value is -6.10. The van der Waals surface area contributed by atoms with Gasteiger partial charge in [0, 0.05) is 37.4 Å². The molecular formula is C50H39N3S. The number of benzene rings is 7. The quantitative estimate of drug-likeness (QED) is 0.182. The highest BCUT2D eigenvalue weighted by atomic mass is 32.1. The van der Waals surface area contributed by atoms with E-state index in [9.17, 15) is 0 Å². The number of hydrogen-bond acceptors (Lipinski definition) is 3.